The van der Waals surface area contributed by atoms with Crippen LogP contribution in [0.2, 0.25) is 0 Å². The highest BCUT2D eigenvalue weighted by atomic mass is 79.9. The Hall–Kier alpha value is -2.14. The lowest BCUT2D eigenvalue weighted by atomic mass is 10.2. The number of fused-ring (bicyclic) bond motifs is 1. The van der Waals surface area contributed by atoms with Crippen LogP contribution in [0.5, 0.6) is 0 Å². The van der Waals surface area contributed by atoms with Gasteiger partial charge in [-0.15, -0.1) is 0 Å². The van der Waals surface area contributed by atoms with Crippen molar-refractivity contribution in [3.8, 4) is 0 Å². The van der Waals surface area contributed by atoms with E-state index in [1.54, 1.807) is 12.3 Å². The number of halogens is 1. The molecule has 0 saturated heterocycles. The van der Waals surface area contributed by atoms with Crippen molar-refractivity contribution in [1.82, 2.24) is 9.38 Å². The Bertz CT molecular complexity index is 751. The average Bonchev–Trinajstić information content (AvgIpc) is 2.86. The van der Waals surface area contributed by atoms with Gasteiger partial charge in [0.25, 0.3) is 5.91 Å². The van der Waals surface area contributed by atoms with Crippen LogP contribution in [0.15, 0.2) is 59.5 Å². The van der Waals surface area contributed by atoms with Gasteiger partial charge in [0, 0.05) is 28.8 Å². The number of imidazole rings is 1. The summed E-state index contributed by atoms with van der Waals surface area (Å²) >= 11 is 3.37. The molecule has 0 saturated carbocycles. The first-order valence-electron chi connectivity index (χ1n) is 5.72. The Morgan fingerprint density at radius 2 is 2.11 bits per heavy atom. The number of rotatable bonds is 2. The smallest absolute Gasteiger partial charge is 0.259 e. The molecular weight excluding hydrogens is 306 g/mol. The topological polar surface area (TPSA) is 46.4 Å². The first-order valence-corrected chi connectivity index (χ1v) is 6.52. The molecule has 19 heavy (non-hydrogen) atoms. The van der Waals surface area contributed by atoms with Crippen molar-refractivity contribution in [1.29, 1.82) is 0 Å². The fraction of sp³-hybridized carbons (Fsp3) is 0. The quantitative estimate of drug-likeness (QED) is 0.788. The van der Waals surface area contributed by atoms with Crippen molar-refractivity contribution >= 4 is 33.2 Å². The Morgan fingerprint density at radius 3 is 2.95 bits per heavy atom. The zero-order valence-electron chi connectivity index (χ0n) is 9.88. The maximum absolute atomic E-state index is 12.3. The molecule has 4 nitrogen and oxygen atoms in total. The van der Waals surface area contributed by atoms with Gasteiger partial charge in [-0.05, 0) is 30.3 Å². The number of benzene rings is 1. The van der Waals surface area contributed by atoms with Crippen molar-refractivity contribution in [2.45, 2.75) is 0 Å². The molecule has 0 bridgehead atoms. The summed E-state index contributed by atoms with van der Waals surface area (Å²) in [6.07, 6.45) is 5.34. The molecule has 0 fully saturated rings. The molecule has 0 aliphatic heterocycles. The van der Waals surface area contributed by atoms with Crippen LogP contribution in [0.4, 0.5) is 5.69 Å². The number of pyridine rings is 1. The molecule has 3 rings (SSSR count). The Balaban J connectivity index is 1.94. The van der Waals surface area contributed by atoms with Gasteiger partial charge in [-0.3, -0.25) is 4.79 Å². The Kier molecular flexibility index (Phi) is 3.05. The minimum atomic E-state index is -0.171. The lowest BCUT2D eigenvalue weighted by Gasteiger charge is -2.06. The minimum absolute atomic E-state index is 0.171. The second-order valence-corrected chi connectivity index (χ2v) is 4.96. The number of aromatic nitrogens is 2. The van der Waals surface area contributed by atoms with E-state index >= 15 is 0 Å². The van der Waals surface area contributed by atoms with Crippen molar-refractivity contribution in [2.24, 2.45) is 0 Å². The highest BCUT2D eigenvalue weighted by molar-refractivity contribution is 9.10. The molecule has 1 aromatic carbocycles. The monoisotopic (exact) mass is 315 g/mol. The van der Waals surface area contributed by atoms with Gasteiger partial charge in [-0.25, -0.2) is 4.98 Å². The lowest BCUT2D eigenvalue weighted by molar-refractivity contribution is 0.102. The molecule has 0 spiro atoms. The van der Waals surface area contributed by atoms with Crippen LogP contribution in [-0.4, -0.2) is 15.3 Å². The van der Waals surface area contributed by atoms with E-state index in [2.05, 4.69) is 26.2 Å². The Morgan fingerprint density at radius 1 is 1.21 bits per heavy atom. The molecule has 0 aliphatic carbocycles. The molecule has 0 aliphatic rings. The molecule has 2 heterocycles. The van der Waals surface area contributed by atoms with Gasteiger partial charge in [0.05, 0.1) is 5.56 Å². The minimum Gasteiger partial charge on any atom is -0.322 e. The summed E-state index contributed by atoms with van der Waals surface area (Å²) in [6, 6.07) is 11.1. The Labute approximate surface area is 118 Å². The predicted octanol–water partition coefficient (Wildman–Crippen LogP) is 3.35. The number of nitrogens with zero attached hydrogens (tertiary/aromatic N) is 2. The van der Waals surface area contributed by atoms with Crippen molar-refractivity contribution < 1.29 is 4.79 Å². The number of anilines is 1. The third-order valence-electron chi connectivity index (χ3n) is 2.75. The molecule has 3 aromatic rings. The summed E-state index contributed by atoms with van der Waals surface area (Å²) in [6.45, 7) is 0. The predicted molar refractivity (Wildman–Crippen MR) is 77.3 cm³/mol. The van der Waals surface area contributed by atoms with Crippen molar-refractivity contribution in [3.05, 3.63) is 65.0 Å². The van der Waals surface area contributed by atoms with Gasteiger partial charge in [0.15, 0.2) is 0 Å². The van der Waals surface area contributed by atoms with E-state index in [9.17, 15) is 4.79 Å². The lowest BCUT2D eigenvalue weighted by Crippen LogP contribution is -2.13. The van der Waals surface area contributed by atoms with E-state index in [4.69, 9.17) is 0 Å². The molecule has 5 heteroatoms. The SMILES string of the molecule is O=C(Nc1cccc(Br)c1)c1cccn2ccnc12. The molecular formula is C14H10BrN3O. The number of hydrogen-bond donors (Lipinski definition) is 1. The normalized spacial score (nSPS) is 10.6. The molecule has 0 atom stereocenters. The highest BCUT2D eigenvalue weighted by Gasteiger charge is 2.11. The fourth-order valence-electron chi connectivity index (χ4n) is 1.89. The summed E-state index contributed by atoms with van der Waals surface area (Å²) in [5.74, 6) is -0.171. The summed E-state index contributed by atoms with van der Waals surface area (Å²) < 4.78 is 2.74. The van der Waals surface area contributed by atoms with Crippen molar-refractivity contribution in [2.75, 3.05) is 5.32 Å². The van der Waals surface area contributed by atoms with E-state index in [0.29, 0.717) is 11.2 Å². The fourth-order valence-corrected chi connectivity index (χ4v) is 2.29. The zero-order valence-corrected chi connectivity index (χ0v) is 11.5. The number of hydrogen-bond acceptors (Lipinski definition) is 2. The third kappa shape index (κ3) is 2.37. The highest BCUT2D eigenvalue weighted by Crippen LogP contribution is 2.17. The van der Waals surface area contributed by atoms with E-state index in [1.807, 2.05) is 47.1 Å². The molecule has 0 radical (unpaired) electrons. The van der Waals surface area contributed by atoms with Gasteiger partial charge >= 0.3 is 0 Å². The maximum atomic E-state index is 12.3. The van der Waals surface area contributed by atoms with Gasteiger partial charge in [0.2, 0.25) is 0 Å². The van der Waals surface area contributed by atoms with Crippen LogP contribution in [0.3, 0.4) is 0 Å². The van der Waals surface area contributed by atoms with Gasteiger partial charge in [-0.1, -0.05) is 22.0 Å². The summed E-state index contributed by atoms with van der Waals surface area (Å²) in [5, 5.41) is 2.86. The second-order valence-electron chi connectivity index (χ2n) is 4.04. The van der Waals surface area contributed by atoms with Gasteiger partial charge < -0.3 is 9.72 Å². The second kappa shape index (κ2) is 4.85. The molecule has 94 valence electrons. The average molecular weight is 316 g/mol. The molecule has 2 aromatic heterocycles. The van der Waals surface area contributed by atoms with Crippen LogP contribution in [-0.2, 0) is 0 Å². The van der Waals surface area contributed by atoms with Gasteiger partial charge in [0.1, 0.15) is 5.65 Å². The van der Waals surface area contributed by atoms with Crippen LogP contribution in [0.25, 0.3) is 5.65 Å². The van der Waals surface area contributed by atoms with Crippen LogP contribution in [0, 0.1) is 0 Å². The number of carbonyl (C=O) groups excluding carboxylic acids is 1. The van der Waals surface area contributed by atoms with Crippen LogP contribution in [0.1, 0.15) is 10.4 Å². The number of carbonyl (C=O) groups is 1. The molecule has 1 N–H and O–H groups in total. The number of nitrogens with one attached hydrogen (secondary N) is 1. The standard InChI is InChI=1S/C14H10BrN3O/c15-10-3-1-4-11(9-10)17-14(19)12-5-2-7-18-8-6-16-13(12)18/h1-9H,(H,17,19). The molecule has 1 amide bonds. The van der Waals surface area contributed by atoms with E-state index in [-0.39, 0.29) is 5.91 Å². The summed E-state index contributed by atoms with van der Waals surface area (Å²) in [5.41, 5.74) is 1.94. The van der Waals surface area contributed by atoms with E-state index in [1.165, 1.54) is 0 Å². The van der Waals surface area contributed by atoms with E-state index < -0.39 is 0 Å². The van der Waals surface area contributed by atoms with Crippen LogP contribution < -0.4 is 5.32 Å². The van der Waals surface area contributed by atoms with Crippen molar-refractivity contribution in [3.63, 3.8) is 0 Å². The summed E-state index contributed by atoms with van der Waals surface area (Å²) in [4.78, 5) is 16.4. The van der Waals surface area contributed by atoms with Crippen LogP contribution >= 0.6 is 15.9 Å². The third-order valence-corrected chi connectivity index (χ3v) is 3.24. The zero-order chi connectivity index (χ0) is 13.2. The summed E-state index contributed by atoms with van der Waals surface area (Å²) in [7, 11) is 0. The largest absolute Gasteiger partial charge is 0.322 e. The first-order chi connectivity index (χ1) is 9.24. The maximum Gasteiger partial charge on any atom is 0.259 e. The molecule has 0 unspecified atom stereocenters. The van der Waals surface area contributed by atoms with Gasteiger partial charge in [-0.2, -0.15) is 0 Å². The first kappa shape index (κ1) is 11.9. The number of amides is 1. The van der Waals surface area contributed by atoms with E-state index in [0.717, 1.165) is 10.2 Å².